The smallest absolute Gasteiger partial charge is 0.208 e. The second-order valence-electron chi connectivity index (χ2n) is 5.87. The summed E-state index contributed by atoms with van der Waals surface area (Å²) in [5.41, 5.74) is 2.69. The molecule has 0 unspecified atom stereocenters. The first-order valence-electron chi connectivity index (χ1n) is 8.15. The van der Waals surface area contributed by atoms with Crippen molar-refractivity contribution in [3.63, 3.8) is 0 Å². The predicted molar refractivity (Wildman–Crippen MR) is 99.4 cm³/mol. The number of ether oxygens (including phenoxy) is 1. The lowest BCUT2D eigenvalue weighted by molar-refractivity contribution is 0.482. The minimum absolute atomic E-state index is 0.289. The first-order chi connectivity index (χ1) is 13.1. The van der Waals surface area contributed by atoms with Crippen LogP contribution >= 0.6 is 0 Å². The number of hydrogen-bond donors (Lipinski definition) is 1. The van der Waals surface area contributed by atoms with Crippen molar-refractivity contribution in [2.24, 2.45) is 7.05 Å². The Morgan fingerprint density at radius 3 is 2.63 bits per heavy atom. The second kappa shape index (κ2) is 6.77. The highest BCUT2D eigenvalue weighted by atomic mass is 19.1. The molecule has 27 heavy (non-hydrogen) atoms. The molecule has 0 spiro atoms. The second-order valence-corrected chi connectivity index (χ2v) is 5.87. The van der Waals surface area contributed by atoms with Gasteiger partial charge in [0.1, 0.15) is 29.1 Å². The number of nitriles is 1. The third-order valence-corrected chi connectivity index (χ3v) is 4.03. The average molecular weight is 359 g/mol. The van der Waals surface area contributed by atoms with E-state index in [0.29, 0.717) is 17.4 Å². The van der Waals surface area contributed by atoms with Crippen molar-refractivity contribution in [3.05, 3.63) is 72.3 Å². The van der Waals surface area contributed by atoms with E-state index in [1.165, 1.54) is 18.3 Å². The van der Waals surface area contributed by atoms with Crippen LogP contribution in [0.3, 0.4) is 0 Å². The summed E-state index contributed by atoms with van der Waals surface area (Å²) in [6, 6.07) is 16.9. The lowest BCUT2D eigenvalue weighted by atomic mass is 10.3. The number of halogens is 1. The molecule has 0 aliphatic carbocycles. The van der Waals surface area contributed by atoms with Gasteiger partial charge in [0, 0.05) is 31.1 Å². The molecule has 4 aromatic rings. The van der Waals surface area contributed by atoms with Crippen LogP contribution in [-0.4, -0.2) is 14.5 Å². The molecule has 2 heterocycles. The maximum Gasteiger partial charge on any atom is 0.208 e. The Morgan fingerprint density at radius 1 is 1.07 bits per heavy atom. The monoisotopic (exact) mass is 359 g/mol. The molecule has 0 bridgehead atoms. The van der Waals surface area contributed by atoms with Crippen molar-refractivity contribution in [3.8, 4) is 17.6 Å². The fourth-order valence-corrected chi connectivity index (χ4v) is 2.69. The zero-order chi connectivity index (χ0) is 18.8. The summed E-state index contributed by atoms with van der Waals surface area (Å²) < 4.78 is 20.8. The Hall–Kier alpha value is -3.92. The number of anilines is 2. The molecule has 0 aliphatic heterocycles. The van der Waals surface area contributed by atoms with E-state index in [1.807, 2.05) is 35.9 Å². The lowest BCUT2D eigenvalue weighted by Gasteiger charge is -2.06. The molecular formula is C20H14FN5O. The maximum atomic E-state index is 13.1. The number of benzene rings is 2. The van der Waals surface area contributed by atoms with E-state index in [2.05, 4.69) is 15.3 Å². The third kappa shape index (κ3) is 3.41. The largest absolute Gasteiger partial charge is 0.457 e. The number of pyridine rings is 1. The summed E-state index contributed by atoms with van der Waals surface area (Å²) >= 11 is 0. The van der Waals surface area contributed by atoms with Crippen molar-refractivity contribution in [1.82, 2.24) is 14.5 Å². The SMILES string of the molecule is Cn1c(Nc2ccc(F)cc2)nc2cc(Oc3ccnc(C#N)c3)ccc21. The number of aryl methyl sites for hydroxylation is 1. The van der Waals surface area contributed by atoms with Crippen molar-refractivity contribution >= 4 is 22.7 Å². The highest BCUT2D eigenvalue weighted by molar-refractivity contribution is 5.81. The van der Waals surface area contributed by atoms with E-state index in [4.69, 9.17) is 10.00 Å². The fraction of sp³-hybridized carbons (Fsp3) is 0.0500. The molecule has 0 atom stereocenters. The number of rotatable bonds is 4. The minimum Gasteiger partial charge on any atom is -0.457 e. The molecule has 0 radical (unpaired) electrons. The fourth-order valence-electron chi connectivity index (χ4n) is 2.69. The van der Waals surface area contributed by atoms with Gasteiger partial charge in [0.05, 0.1) is 11.0 Å². The van der Waals surface area contributed by atoms with Crippen molar-refractivity contribution in [2.45, 2.75) is 0 Å². The number of aromatic nitrogens is 3. The summed E-state index contributed by atoms with van der Waals surface area (Å²) in [5, 5.41) is 12.1. The van der Waals surface area contributed by atoms with Gasteiger partial charge in [-0.3, -0.25) is 0 Å². The van der Waals surface area contributed by atoms with E-state index in [-0.39, 0.29) is 11.5 Å². The highest BCUT2D eigenvalue weighted by Gasteiger charge is 2.10. The Morgan fingerprint density at radius 2 is 1.85 bits per heavy atom. The molecule has 1 N–H and O–H groups in total. The topological polar surface area (TPSA) is 75.8 Å². The Kier molecular flexibility index (Phi) is 4.15. The minimum atomic E-state index is -0.289. The van der Waals surface area contributed by atoms with Gasteiger partial charge in [-0.1, -0.05) is 0 Å². The van der Waals surface area contributed by atoms with Crippen molar-refractivity contribution in [2.75, 3.05) is 5.32 Å². The number of imidazole rings is 1. The molecule has 6 nitrogen and oxygen atoms in total. The van der Waals surface area contributed by atoms with Crippen LogP contribution in [0.1, 0.15) is 5.69 Å². The highest BCUT2D eigenvalue weighted by Crippen LogP contribution is 2.28. The van der Waals surface area contributed by atoms with E-state index in [9.17, 15) is 4.39 Å². The van der Waals surface area contributed by atoms with Crippen LogP contribution in [0.4, 0.5) is 16.0 Å². The molecule has 2 aromatic heterocycles. The number of nitrogens with one attached hydrogen (secondary N) is 1. The van der Waals surface area contributed by atoms with Crippen LogP contribution in [-0.2, 0) is 7.05 Å². The van der Waals surface area contributed by atoms with Crippen LogP contribution in [0.2, 0.25) is 0 Å². The molecule has 0 amide bonds. The zero-order valence-corrected chi connectivity index (χ0v) is 14.3. The van der Waals surface area contributed by atoms with Crippen LogP contribution in [0.5, 0.6) is 11.5 Å². The molecule has 0 aliphatic rings. The molecule has 7 heteroatoms. The van der Waals surface area contributed by atoms with Gasteiger partial charge < -0.3 is 14.6 Å². The van der Waals surface area contributed by atoms with E-state index >= 15 is 0 Å². The van der Waals surface area contributed by atoms with Gasteiger partial charge in [0.25, 0.3) is 0 Å². The molecule has 2 aromatic carbocycles. The van der Waals surface area contributed by atoms with Crippen LogP contribution < -0.4 is 10.1 Å². The van der Waals surface area contributed by atoms with Crippen LogP contribution in [0.25, 0.3) is 11.0 Å². The first-order valence-corrected chi connectivity index (χ1v) is 8.15. The molecule has 0 saturated heterocycles. The number of fused-ring (bicyclic) bond motifs is 1. The van der Waals surface area contributed by atoms with Gasteiger partial charge in [-0.25, -0.2) is 14.4 Å². The number of nitrogens with zero attached hydrogens (tertiary/aromatic N) is 4. The predicted octanol–water partition coefficient (Wildman–Crippen LogP) is 4.51. The summed E-state index contributed by atoms with van der Waals surface area (Å²) in [6.45, 7) is 0. The lowest BCUT2D eigenvalue weighted by Crippen LogP contribution is -1.98. The average Bonchev–Trinajstić information content (AvgIpc) is 2.99. The molecule has 0 saturated carbocycles. The summed E-state index contributed by atoms with van der Waals surface area (Å²) in [4.78, 5) is 8.50. The van der Waals surface area contributed by atoms with Crippen LogP contribution in [0, 0.1) is 17.1 Å². The normalized spacial score (nSPS) is 10.6. The summed E-state index contributed by atoms with van der Waals surface area (Å²) in [7, 11) is 1.89. The van der Waals surface area contributed by atoms with Gasteiger partial charge in [-0.05, 0) is 42.5 Å². The van der Waals surface area contributed by atoms with Crippen LogP contribution in [0.15, 0.2) is 60.8 Å². The summed E-state index contributed by atoms with van der Waals surface area (Å²) in [6.07, 6.45) is 1.53. The maximum absolute atomic E-state index is 13.1. The Labute approximate surface area is 154 Å². The van der Waals surface area contributed by atoms with E-state index in [0.717, 1.165) is 16.7 Å². The molecule has 4 rings (SSSR count). The van der Waals surface area contributed by atoms with Gasteiger partial charge in [-0.2, -0.15) is 5.26 Å². The van der Waals surface area contributed by atoms with Gasteiger partial charge in [0.15, 0.2) is 0 Å². The standard InChI is InChI=1S/C20H14FN5O/c1-26-19-7-6-16(27-17-8-9-23-15(10-17)12-22)11-18(19)25-20(26)24-14-4-2-13(21)3-5-14/h2-11H,1H3,(H,24,25). The quantitative estimate of drug-likeness (QED) is 0.580. The van der Waals surface area contributed by atoms with Crippen molar-refractivity contribution in [1.29, 1.82) is 5.26 Å². The Bertz CT molecular complexity index is 1160. The van der Waals surface area contributed by atoms with Gasteiger partial charge >= 0.3 is 0 Å². The molecule has 132 valence electrons. The Balaban J connectivity index is 1.62. The third-order valence-electron chi connectivity index (χ3n) is 4.03. The zero-order valence-electron chi connectivity index (χ0n) is 14.3. The van der Waals surface area contributed by atoms with Gasteiger partial charge in [-0.15, -0.1) is 0 Å². The van der Waals surface area contributed by atoms with Crippen molar-refractivity contribution < 1.29 is 9.13 Å². The molecular weight excluding hydrogens is 345 g/mol. The van der Waals surface area contributed by atoms with E-state index in [1.54, 1.807) is 24.3 Å². The summed E-state index contributed by atoms with van der Waals surface area (Å²) in [5.74, 6) is 1.47. The first kappa shape index (κ1) is 16.5. The number of hydrogen-bond acceptors (Lipinski definition) is 5. The molecule has 0 fully saturated rings. The van der Waals surface area contributed by atoms with E-state index < -0.39 is 0 Å². The van der Waals surface area contributed by atoms with Gasteiger partial charge in [0.2, 0.25) is 5.95 Å².